The third-order valence-electron chi connectivity index (χ3n) is 2.58. The quantitative estimate of drug-likeness (QED) is 0.347. The van der Waals surface area contributed by atoms with E-state index in [2.05, 4.69) is 11.9 Å². The molecule has 1 heterocycles. The molecule has 118 valence electrons. The van der Waals surface area contributed by atoms with Gasteiger partial charge in [-0.3, -0.25) is 14.5 Å². The highest BCUT2D eigenvalue weighted by atomic mass is 32.2. The zero-order chi connectivity index (χ0) is 16.9. The van der Waals surface area contributed by atoms with E-state index in [-0.39, 0.29) is 33.0 Å². The third kappa shape index (κ3) is 4.54. The van der Waals surface area contributed by atoms with Crippen molar-refractivity contribution < 1.29 is 19.1 Å². The maximum Gasteiger partial charge on any atom is 0.266 e. The highest BCUT2D eigenvalue weighted by Gasteiger charge is 2.33. The van der Waals surface area contributed by atoms with Gasteiger partial charge in [0.1, 0.15) is 16.6 Å². The fourth-order valence-electron chi connectivity index (χ4n) is 1.52. The number of hydrogen-bond donors (Lipinski definition) is 2. The van der Waals surface area contributed by atoms with Gasteiger partial charge in [0.25, 0.3) is 5.91 Å². The molecule has 1 aliphatic rings. The number of thiocarbonyl (C=S) groups is 1. The van der Waals surface area contributed by atoms with Crippen molar-refractivity contribution >= 4 is 40.1 Å². The van der Waals surface area contributed by atoms with Crippen molar-refractivity contribution in [3.63, 3.8) is 0 Å². The Hall–Kier alpha value is -1.93. The molecule has 0 aromatic carbocycles. The lowest BCUT2D eigenvalue weighted by atomic mass is 10.1. The van der Waals surface area contributed by atoms with Crippen LogP contribution in [0.25, 0.3) is 0 Å². The predicted octanol–water partition coefficient (Wildman–Crippen LogP) is 2.35. The molecule has 0 atom stereocenters. The lowest BCUT2D eigenvalue weighted by Gasteiger charge is -2.12. The summed E-state index contributed by atoms with van der Waals surface area (Å²) < 4.78 is 13.3. The van der Waals surface area contributed by atoms with E-state index in [0.29, 0.717) is 0 Å². The van der Waals surface area contributed by atoms with E-state index in [4.69, 9.17) is 12.2 Å². The number of aliphatic hydroxyl groups is 1. The van der Waals surface area contributed by atoms with Crippen molar-refractivity contribution in [2.45, 2.75) is 6.92 Å². The van der Waals surface area contributed by atoms with Gasteiger partial charge in [0.15, 0.2) is 0 Å². The zero-order valence-corrected chi connectivity index (χ0v) is 13.7. The summed E-state index contributed by atoms with van der Waals surface area (Å²) in [6.07, 6.45) is 3.52. The van der Waals surface area contributed by atoms with E-state index >= 15 is 0 Å². The van der Waals surface area contributed by atoms with E-state index in [1.165, 1.54) is 20.0 Å². The Morgan fingerprint density at radius 1 is 1.59 bits per heavy atom. The van der Waals surface area contributed by atoms with E-state index in [0.717, 1.165) is 28.8 Å². The van der Waals surface area contributed by atoms with Gasteiger partial charge in [-0.2, -0.15) is 0 Å². The molecule has 0 aromatic heterocycles. The van der Waals surface area contributed by atoms with Crippen LogP contribution in [0, 0.1) is 0 Å². The van der Waals surface area contributed by atoms with E-state index in [9.17, 15) is 19.1 Å². The van der Waals surface area contributed by atoms with Gasteiger partial charge in [-0.1, -0.05) is 30.6 Å². The maximum absolute atomic E-state index is 13.1. The van der Waals surface area contributed by atoms with Crippen molar-refractivity contribution in [3.8, 4) is 0 Å². The molecule has 0 aromatic rings. The Morgan fingerprint density at radius 3 is 2.73 bits per heavy atom. The van der Waals surface area contributed by atoms with Crippen molar-refractivity contribution in [1.82, 2.24) is 10.2 Å². The van der Waals surface area contributed by atoms with Gasteiger partial charge in [-0.05, 0) is 25.2 Å². The van der Waals surface area contributed by atoms with Crippen molar-refractivity contribution in [2.24, 2.45) is 0 Å². The molecular weight excluding hydrogens is 327 g/mol. The van der Waals surface area contributed by atoms with E-state index in [1.54, 1.807) is 0 Å². The van der Waals surface area contributed by atoms with Crippen molar-refractivity contribution in [2.75, 3.05) is 13.6 Å². The molecule has 0 spiro atoms. The number of hydrogen-bond acceptors (Lipinski definition) is 5. The Kier molecular flexibility index (Phi) is 6.51. The van der Waals surface area contributed by atoms with Gasteiger partial charge in [0, 0.05) is 12.6 Å². The molecular formula is C14H15FN2O3S2. The van der Waals surface area contributed by atoms with Crippen LogP contribution in [0.5, 0.6) is 0 Å². The first-order valence-corrected chi connectivity index (χ1v) is 7.38. The number of amides is 2. The molecule has 22 heavy (non-hydrogen) atoms. The smallest absolute Gasteiger partial charge is 0.266 e. The second kappa shape index (κ2) is 7.90. The first-order valence-electron chi connectivity index (χ1n) is 6.15. The standard InChI is InChI=1S/C14H15FN2O3S2/c1-4-10(18)9(5-8(2)15)6-11-13(20)17(14(21)22-11)7-12(19)16-3/h4-6,18H,1,7H2,2-3H3,(H,16,19)/b8-5+,10-9-,11-6-. The molecule has 5 nitrogen and oxygen atoms in total. The van der Waals surface area contributed by atoms with Crippen LogP contribution in [0.4, 0.5) is 4.39 Å². The van der Waals surface area contributed by atoms with Crippen LogP contribution >= 0.6 is 24.0 Å². The summed E-state index contributed by atoms with van der Waals surface area (Å²) in [5.41, 5.74) is 0.0930. The Balaban J connectivity index is 3.14. The number of nitrogens with zero attached hydrogens (tertiary/aromatic N) is 1. The molecule has 8 heteroatoms. The Labute approximate surface area is 137 Å². The minimum atomic E-state index is -0.541. The lowest BCUT2D eigenvalue weighted by molar-refractivity contribution is -0.128. The van der Waals surface area contributed by atoms with Crippen LogP contribution < -0.4 is 5.32 Å². The summed E-state index contributed by atoms with van der Waals surface area (Å²) in [5, 5.41) is 12.1. The summed E-state index contributed by atoms with van der Waals surface area (Å²) >= 11 is 6.03. The highest BCUT2D eigenvalue weighted by Crippen LogP contribution is 2.32. The number of carbonyl (C=O) groups is 2. The average molecular weight is 342 g/mol. The second-order valence-corrected chi connectivity index (χ2v) is 5.89. The fraction of sp³-hybridized carbons (Fsp3) is 0.214. The molecule has 0 saturated carbocycles. The highest BCUT2D eigenvalue weighted by molar-refractivity contribution is 8.26. The number of allylic oxidation sites excluding steroid dienone is 5. The number of halogens is 1. The molecule has 0 aliphatic carbocycles. The first kappa shape index (κ1) is 18.1. The lowest BCUT2D eigenvalue weighted by Crippen LogP contribution is -2.38. The topological polar surface area (TPSA) is 69.6 Å². The largest absolute Gasteiger partial charge is 0.507 e. The van der Waals surface area contributed by atoms with Crippen LogP contribution in [0.2, 0.25) is 0 Å². The molecule has 2 N–H and O–H groups in total. The fourth-order valence-corrected chi connectivity index (χ4v) is 2.77. The van der Waals surface area contributed by atoms with E-state index in [1.807, 2.05) is 0 Å². The first-order chi connectivity index (χ1) is 10.3. The Bertz CT molecular complexity index is 620. The molecule has 1 rings (SSSR count). The SMILES string of the molecule is C=C/C(O)=C(/C=C1\SC(=S)N(CC(=O)NC)C1=O)\C=C(/C)F. The second-order valence-electron chi connectivity index (χ2n) is 4.22. The van der Waals surface area contributed by atoms with Crippen LogP contribution in [0.15, 0.2) is 46.9 Å². The zero-order valence-electron chi connectivity index (χ0n) is 12.1. The monoisotopic (exact) mass is 342 g/mol. The summed E-state index contributed by atoms with van der Waals surface area (Å²) in [4.78, 5) is 24.9. The molecule has 0 unspecified atom stereocenters. The molecule has 1 saturated heterocycles. The normalized spacial score (nSPS) is 18.6. The van der Waals surface area contributed by atoms with Crippen molar-refractivity contribution in [1.29, 1.82) is 0 Å². The molecule has 0 radical (unpaired) electrons. The number of likely N-dealkylation sites (N-methyl/N-ethyl adjacent to an activating group) is 1. The van der Waals surface area contributed by atoms with Gasteiger partial charge in [-0.15, -0.1) is 0 Å². The maximum atomic E-state index is 13.1. The van der Waals surface area contributed by atoms with Crippen LogP contribution in [-0.4, -0.2) is 39.7 Å². The van der Waals surface area contributed by atoms with Gasteiger partial charge in [-0.25, -0.2) is 4.39 Å². The molecule has 0 bridgehead atoms. The molecule has 1 aliphatic heterocycles. The average Bonchev–Trinajstić information content (AvgIpc) is 2.72. The minimum Gasteiger partial charge on any atom is -0.507 e. The van der Waals surface area contributed by atoms with Gasteiger partial charge < -0.3 is 10.4 Å². The van der Waals surface area contributed by atoms with E-state index < -0.39 is 11.7 Å². The number of aliphatic hydroxyl groups excluding tert-OH is 1. The minimum absolute atomic E-state index is 0.0930. The molecule has 2 amide bonds. The summed E-state index contributed by atoms with van der Waals surface area (Å²) in [6, 6.07) is 0. The summed E-state index contributed by atoms with van der Waals surface area (Å²) in [7, 11) is 1.45. The number of carbonyl (C=O) groups excluding carboxylic acids is 2. The van der Waals surface area contributed by atoms with Gasteiger partial charge in [0.05, 0.1) is 10.7 Å². The number of nitrogens with one attached hydrogen (secondary N) is 1. The molecule has 1 fully saturated rings. The van der Waals surface area contributed by atoms with Crippen LogP contribution in [0.1, 0.15) is 6.92 Å². The third-order valence-corrected chi connectivity index (χ3v) is 3.96. The van der Waals surface area contributed by atoms with Crippen LogP contribution in [0.3, 0.4) is 0 Å². The van der Waals surface area contributed by atoms with Crippen LogP contribution in [-0.2, 0) is 9.59 Å². The predicted molar refractivity (Wildman–Crippen MR) is 88.8 cm³/mol. The summed E-state index contributed by atoms with van der Waals surface area (Å²) in [5.74, 6) is -1.64. The summed E-state index contributed by atoms with van der Waals surface area (Å²) in [6.45, 7) is 4.41. The Morgan fingerprint density at radius 2 is 2.23 bits per heavy atom. The number of thioether (sulfide) groups is 1. The van der Waals surface area contributed by atoms with Gasteiger partial charge in [0.2, 0.25) is 5.91 Å². The van der Waals surface area contributed by atoms with Gasteiger partial charge >= 0.3 is 0 Å². The van der Waals surface area contributed by atoms with Crippen molar-refractivity contribution in [3.05, 3.63) is 46.9 Å². The number of rotatable bonds is 5.